The summed E-state index contributed by atoms with van der Waals surface area (Å²) >= 11 is 1.84. The van der Waals surface area contributed by atoms with Crippen molar-refractivity contribution in [1.82, 2.24) is 19.4 Å². The molecule has 2 rings (SSSR count). The molecule has 1 aliphatic rings. The van der Waals surface area contributed by atoms with Gasteiger partial charge in [0.1, 0.15) is 4.90 Å². The number of rotatable bonds is 6. The summed E-state index contributed by atoms with van der Waals surface area (Å²) in [4.78, 5) is 0.297. The van der Waals surface area contributed by atoms with Gasteiger partial charge in [-0.05, 0) is 6.54 Å². The fraction of sp³-hybridized carbons (Fsp3) is 0.769. The molecule has 0 aliphatic carbocycles. The van der Waals surface area contributed by atoms with E-state index in [9.17, 15) is 8.42 Å². The number of sulfonamides is 1. The van der Waals surface area contributed by atoms with Crippen LogP contribution in [0.25, 0.3) is 0 Å². The Bertz CT molecular complexity index is 548. The first-order valence-corrected chi connectivity index (χ1v) is 9.70. The average molecular weight is 332 g/mol. The minimum absolute atomic E-state index is 0.297. The standard InChI is InChI=1S/C13H24N4O2S2/c1-4-14-5-6-16-10-13(7-15-16)21(18,19)17-8-11(2)20-12(3)9-17/h7,10-12,14H,4-6,8-9H2,1-3H3. The Morgan fingerprint density at radius 1 is 1.38 bits per heavy atom. The van der Waals surface area contributed by atoms with Crippen LogP contribution in [-0.4, -0.2) is 59.2 Å². The summed E-state index contributed by atoms with van der Waals surface area (Å²) in [6, 6.07) is 0. The molecule has 1 N–H and O–H groups in total. The van der Waals surface area contributed by atoms with Gasteiger partial charge in [0.2, 0.25) is 10.0 Å². The maximum absolute atomic E-state index is 12.7. The van der Waals surface area contributed by atoms with Crippen LogP contribution in [0, 0.1) is 0 Å². The van der Waals surface area contributed by atoms with Crippen LogP contribution in [0.15, 0.2) is 17.3 Å². The smallest absolute Gasteiger partial charge is 0.246 e. The quantitative estimate of drug-likeness (QED) is 0.788. The molecule has 0 amide bonds. The molecule has 0 spiro atoms. The third kappa shape index (κ3) is 4.21. The van der Waals surface area contributed by atoms with Gasteiger partial charge in [0.25, 0.3) is 0 Å². The van der Waals surface area contributed by atoms with Gasteiger partial charge in [0, 0.05) is 36.3 Å². The lowest BCUT2D eigenvalue weighted by Gasteiger charge is -2.33. The van der Waals surface area contributed by atoms with E-state index in [1.54, 1.807) is 15.2 Å². The van der Waals surface area contributed by atoms with E-state index >= 15 is 0 Å². The molecule has 21 heavy (non-hydrogen) atoms. The molecule has 2 atom stereocenters. The van der Waals surface area contributed by atoms with E-state index in [0.717, 1.165) is 13.1 Å². The second kappa shape index (κ2) is 7.13. The van der Waals surface area contributed by atoms with Crippen molar-refractivity contribution in [2.24, 2.45) is 0 Å². The van der Waals surface area contributed by atoms with Gasteiger partial charge in [-0.25, -0.2) is 8.42 Å². The molecule has 2 heterocycles. The maximum atomic E-state index is 12.7. The highest BCUT2D eigenvalue weighted by molar-refractivity contribution is 8.00. The molecule has 6 nitrogen and oxygen atoms in total. The third-order valence-corrected chi connectivity index (χ3v) is 6.41. The fourth-order valence-corrected chi connectivity index (χ4v) is 5.53. The Labute approximate surface area is 131 Å². The molecule has 0 bridgehead atoms. The lowest BCUT2D eigenvalue weighted by molar-refractivity contribution is 0.404. The van der Waals surface area contributed by atoms with Crippen molar-refractivity contribution in [2.45, 2.75) is 42.7 Å². The number of aromatic nitrogens is 2. The highest BCUT2D eigenvalue weighted by atomic mass is 32.2. The summed E-state index contributed by atoms with van der Waals surface area (Å²) in [5.41, 5.74) is 0. The summed E-state index contributed by atoms with van der Waals surface area (Å²) in [7, 11) is -3.42. The van der Waals surface area contributed by atoms with E-state index in [2.05, 4.69) is 24.3 Å². The van der Waals surface area contributed by atoms with Gasteiger partial charge in [0.05, 0.1) is 12.7 Å². The van der Waals surface area contributed by atoms with E-state index in [0.29, 0.717) is 35.0 Å². The molecule has 0 radical (unpaired) electrons. The van der Waals surface area contributed by atoms with E-state index in [1.807, 2.05) is 18.7 Å². The Morgan fingerprint density at radius 2 is 2.05 bits per heavy atom. The van der Waals surface area contributed by atoms with Gasteiger partial charge >= 0.3 is 0 Å². The van der Waals surface area contributed by atoms with Gasteiger partial charge < -0.3 is 5.32 Å². The lowest BCUT2D eigenvalue weighted by Crippen LogP contribution is -2.43. The number of nitrogens with zero attached hydrogens (tertiary/aromatic N) is 3. The van der Waals surface area contributed by atoms with Gasteiger partial charge in [-0.1, -0.05) is 20.8 Å². The SMILES string of the molecule is CCNCCn1cc(S(=O)(=O)N2CC(C)SC(C)C2)cn1. The van der Waals surface area contributed by atoms with Gasteiger partial charge in [-0.2, -0.15) is 21.2 Å². The minimum Gasteiger partial charge on any atom is -0.315 e. The molecular formula is C13H24N4O2S2. The molecule has 2 unspecified atom stereocenters. The highest BCUT2D eigenvalue weighted by Crippen LogP contribution is 2.28. The molecule has 1 aromatic rings. The number of thioether (sulfide) groups is 1. The molecule has 0 aromatic carbocycles. The van der Waals surface area contributed by atoms with Crippen LogP contribution in [0.5, 0.6) is 0 Å². The van der Waals surface area contributed by atoms with Gasteiger partial charge in [-0.15, -0.1) is 0 Å². The molecule has 1 aromatic heterocycles. The predicted octanol–water partition coefficient (Wildman–Crippen LogP) is 1.01. The van der Waals surface area contributed by atoms with E-state index in [-0.39, 0.29) is 0 Å². The third-order valence-electron chi connectivity index (χ3n) is 3.40. The average Bonchev–Trinajstić information content (AvgIpc) is 2.87. The predicted molar refractivity (Wildman–Crippen MR) is 86.0 cm³/mol. The fourth-order valence-electron chi connectivity index (χ4n) is 2.45. The first-order chi connectivity index (χ1) is 9.93. The van der Waals surface area contributed by atoms with Crippen molar-refractivity contribution < 1.29 is 8.42 Å². The lowest BCUT2D eigenvalue weighted by atomic mass is 10.4. The van der Waals surface area contributed by atoms with Crippen molar-refractivity contribution in [1.29, 1.82) is 0 Å². The minimum atomic E-state index is -3.42. The summed E-state index contributed by atoms with van der Waals surface area (Å²) in [6.07, 6.45) is 3.09. The molecule has 1 saturated heterocycles. The Hall–Kier alpha value is -0.570. The number of hydrogen-bond acceptors (Lipinski definition) is 5. The monoisotopic (exact) mass is 332 g/mol. The number of hydrogen-bond donors (Lipinski definition) is 1. The van der Waals surface area contributed by atoms with Crippen LogP contribution in [0.2, 0.25) is 0 Å². The van der Waals surface area contributed by atoms with Crippen molar-refractivity contribution in [3.05, 3.63) is 12.4 Å². The van der Waals surface area contributed by atoms with Crippen LogP contribution in [0.4, 0.5) is 0 Å². The number of likely N-dealkylation sites (N-methyl/N-ethyl adjacent to an activating group) is 1. The highest BCUT2D eigenvalue weighted by Gasteiger charge is 2.32. The van der Waals surface area contributed by atoms with Crippen LogP contribution < -0.4 is 5.32 Å². The van der Waals surface area contributed by atoms with Crippen molar-refractivity contribution in [3.63, 3.8) is 0 Å². The second-order valence-corrected chi connectivity index (χ2v) is 9.19. The Morgan fingerprint density at radius 3 is 2.67 bits per heavy atom. The van der Waals surface area contributed by atoms with Crippen LogP contribution in [-0.2, 0) is 16.6 Å². The van der Waals surface area contributed by atoms with Crippen LogP contribution in [0.1, 0.15) is 20.8 Å². The normalized spacial score (nSPS) is 24.3. The van der Waals surface area contributed by atoms with Crippen molar-refractivity contribution in [2.75, 3.05) is 26.2 Å². The van der Waals surface area contributed by atoms with E-state index < -0.39 is 10.0 Å². The molecule has 120 valence electrons. The first kappa shape index (κ1) is 16.8. The van der Waals surface area contributed by atoms with Gasteiger partial charge in [-0.3, -0.25) is 4.68 Å². The van der Waals surface area contributed by atoms with Crippen molar-refractivity contribution >= 4 is 21.8 Å². The molecular weight excluding hydrogens is 308 g/mol. The summed E-state index contributed by atoms with van der Waals surface area (Å²) in [6.45, 7) is 9.67. The topological polar surface area (TPSA) is 67.2 Å². The largest absolute Gasteiger partial charge is 0.315 e. The molecule has 0 saturated carbocycles. The summed E-state index contributed by atoms with van der Waals surface area (Å²) < 4.78 is 28.6. The molecule has 1 aliphatic heterocycles. The molecule has 1 fully saturated rings. The number of nitrogens with one attached hydrogen (secondary N) is 1. The van der Waals surface area contributed by atoms with Gasteiger partial charge in [0.15, 0.2) is 0 Å². The molecule has 8 heteroatoms. The summed E-state index contributed by atoms with van der Waals surface area (Å²) in [5.74, 6) is 0. The van der Waals surface area contributed by atoms with Crippen molar-refractivity contribution in [3.8, 4) is 0 Å². The van der Waals surface area contributed by atoms with E-state index in [1.165, 1.54) is 6.20 Å². The Kier molecular flexibility index (Phi) is 5.70. The van der Waals surface area contributed by atoms with Crippen LogP contribution in [0.3, 0.4) is 0 Å². The zero-order valence-corrected chi connectivity index (χ0v) is 14.5. The zero-order chi connectivity index (χ0) is 15.5. The second-order valence-electron chi connectivity index (χ2n) is 5.37. The van der Waals surface area contributed by atoms with Crippen LogP contribution >= 0.6 is 11.8 Å². The van der Waals surface area contributed by atoms with E-state index in [4.69, 9.17) is 0 Å². The summed E-state index contributed by atoms with van der Waals surface area (Å²) in [5, 5.41) is 8.00. The zero-order valence-electron chi connectivity index (χ0n) is 12.8. The Balaban J connectivity index is 2.08. The maximum Gasteiger partial charge on any atom is 0.246 e. The first-order valence-electron chi connectivity index (χ1n) is 7.32.